The average molecular weight is 317 g/mol. The highest BCUT2D eigenvalue weighted by atomic mass is 32.1. The molecule has 0 atom stereocenters. The number of methoxy groups -OCH3 is 2. The lowest BCUT2D eigenvalue weighted by molar-refractivity contribution is 0.0739. The average Bonchev–Trinajstić information content (AvgIpc) is 2.98. The molecule has 0 fully saturated rings. The summed E-state index contributed by atoms with van der Waals surface area (Å²) < 4.78 is 10.7. The predicted molar refractivity (Wildman–Crippen MR) is 87.0 cm³/mol. The van der Waals surface area contributed by atoms with Crippen molar-refractivity contribution in [2.45, 2.75) is 19.9 Å². The van der Waals surface area contributed by atoms with Crippen molar-refractivity contribution in [1.82, 2.24) is 4.90 Å². The Labute approximate surface area is 134 Å². The first-order valence-electron chi connectivity index (χ1n) is 7.20. The first kappa shape index (κ1) is 14.9. The number of thiophene rings is 1. The minimum Gasteiger partial charge on any atom is -0.493 e. The Morgan fingerprint density at radius 1 is 1.14 bits per heavy atom. The summed E-state index contributed by atoms with van der Waals surface area (Å²) in [7, 11) is 3.27. The smallest absolute Gasteiger partial charge is 0.264 e. The lowest BCUT2D eigenvalue weighted by Crippen LogP contribution is -2.35. The Bertz CT molecular complexity index is 708. The van der Waals surface area contributed by atoms with Crippen LogP contribution in [0.15, 0.2) is 23.6 Å². The number of aryl methyl sites for hydroxylation is 1. The van der Waals surface area contributed by atoms with Gasteiger partial charge in [0.2, 0.25) is 0 Å². The molecule has 1 aromatic heterocycles. The van der Waals surface area contributed by atoms with Gasteiger partial charge in [0, 0.05) is 13.1 Å². The van der Waals surface area contributed by atoms with Gasteiger partial charge < -0.3 is 14.4 Å². The minimum atomic E-state index is 0.110. The zero-order valence-corrected chi connectivity index (χ0v) is 13.8. The van der Waals surface area contributed by atoms with Gasteiger partial charge in [-0.1, -0.05) is 0 Å². The standard InChI is InChI=1S/C17H19NO3S/c1-11-6-16(22-10-11)17(19)18-5-4-12-7-14(20-2)15(21-3)8-13(12)9-18/h6-8,10H,4-5,9H2,1-3H3. The quantitative estimate of drug-likeness (QED) is 0.872. The third kappa shape index (κ3) is 2.68. The predicted octanol–water partition coefficient (Wildman–Crippen LogP) is 3.27. The van der Waals surface area contributed by atoms with Crippen molar-refractivity contribution in [2.75, 3.05) is 20.8 Å². The molecule has 0 radical (unpaired) electrons. The van der Waals surface area contributed by atoms with Gasteiger partial charge in [0.25, 0.3) is 5.91 Å². The van der Waals surface area contributed by atoms with Crippen LogP contribution in [0.2, 0.25) is 0 Å². The SMILES string of the molecule is COc1cc2c(cc1OC)CN(C(=O)c1cc(C)cs1)CC2. The molecule has 4 nitrogen and oxygen atoms in total. The first-order valence-corrected chi connectivity index (χ1v) is 8.08. The summed E-state index contributed by atoms with van der Waals surface area (Å²) in [6.07, 6.45) is 0.839. The summed E-state index contributed by atoms with van der Waals surface area (Å²) in [6, 6.07) is 5.95. The molecule has 0 N–H and O–H groups in total. The molecule has 0 bridgehead atoms. The summed E-state index contributed by atoms with van der Waals surface area (Å²) in [5.74, 6) is 1.57. The van der Waals surface area contributed by atoms with E-state index in [1.54, 1.807) is 14.2 Å². The van der Waals surface area contributed by atoms with Crippen molar-refractivity contribution in [3.63, 3.8) is 0 Å². The third-order valence-electron chi connectivity index (χ3n) is 3.95. The molecule has 0 saturated carbocycles. The Balaban J connectivity index is 1.85. The van der Waals surface area contributed by atoms with Crippen molar-refractivity contribution in [3.8, 4) is 11.5 Å². The fourth-order valence-corrected chi connectivity index (χ4v) is 3.62. The van der Waals surface area contributed by atoms with E-state index in [0.29, 0.717) is 12.3 Å². The second kappa shape index (κ2) is 6.01. The largest absolute Gasteiger partial charge is 0.493 e. The molecule has 0 saturated heterocycles. The number of carbonyl (C=O) groups is 1. The summed E-state index contributed by atoms with van der Waals surface area (Å²) >= 11 is 1.51. The van der Waals surface area contributed by atoms with E-state index in [4.69, 9.17) is 9.47 Å². The lowest BCUT2D eigenvalue weighted by Gasteiger charge is -2.29. The van der Waals surface area contributed by atoms with Crippen LogP contribution in [-0.2, 0) is 13.0 Å². The van der Waals surface area contributed by atoms with E-state index in [-0.39, 0.29) is 5.91 Å². The van der Waals surface area contributed by atoms with Crippen LogP contribution in [0.3, 0.4) is 0 Å². The van der Waals surface area contributed by atoms with Gasteiger partial charge in [0.15, 0.2) is 11.5 Å². The molecule has 1 aliphatic rings. The highest BCUT2D eigenvalue weighted by Crippen LogP contribution is 2.33. The van der Waals surface area contributed by atoms with Gasteiger partial charge >= 0.3 is 0 Å². The van der Waals surface area contributed by atoms with Crippen molar-refractivity contribution in [2.24, 2.45) is 0 Å². The van der Waals surface area contributed by atoms with Gasteiger partial charge in [-0.3, -0.25) is 4.79 Å². The van der Waals surface area contributed by atoms with Crippen LogP contribution < -0.4 is 9.47 Å². The summed E-state index contributed by atoms with van der Waals surface area (Å²) in [4.78, 5) is 15.3. The van der Waals surface area contributed by atoms with Crippen molar-refractivity contribution in [1.29, 1.82) is 0 Å². The molecule has 5 heteroatoms. The molecule has 0 aliphatic carbocycles. The van der Waals surface area contributed by atoms with Crippen molar-refractivity contribution in [3.05, 3.63) is 45.1 Å². The van der Waals surface area contributed by atoms with Gasteiger partial charge in [0.05, 0.1) is 19.1 Å². The second-order valence-corrected chi connectivity index (χ2v) is 6.35. The van der Waals surface area contributed by atoms with E-state index in [9.17, 15) is 4.79 Å². The molecule has 0 unspecified atom stereocenters. The third-order valence-corrected chi connectivity index (χ3v) is 4.98. The number of amides is 1. The molecule has 3 rings (SSSR count). The molecular formula is C17H19NO3S. The van der Waals surface area contributed by atoms with Crippen LogP contribution in [0.5, 0.6) is 11.5 Å². The summed E-state index contributed by atoms with van der Waals surface area (Å²) in [6.45, 7) is 3.36. The lowest BCUT2D eigenvalue weighted by atomic mass is 9.98. The monoisotopic (exact) mass is 317 g/mol. The van der Waals surface area contributed by atoms with Crippen LogP contribution in [0.1, 0.15) is 26.4 Å². The Hall–Kier alpha value is -2.01. The molecule has 2 heterocycles. The summed E-state index contributed by atoms with van der Waals surface area (Å²) in [5.41, 5.74) is 3.49. The topological polar surface area (TPSA) is 38.8 Å². The summed E-state index contributed by atoms with van der Waals surface area (Å²) in [5, 5.41) is 2.01. The van der Waals surface area contributed by atoms with E-state index < -0.39 is 0 Å². The Morgan fingerprint density at radius 2 is 1.82 bits per heavy atom. The maximum atomic E-state index is 12.6. The molecule has 22 heavy (non-hydrogen) atoms. The van der Waals surface area contributed by atoms with Gasteiger partial charge in [-0.05, 0) is 53.6 Å². The number of ether oxygens (including phenoxy) is 2. The van der Waals surface area contributed by atoms with Crippen molar-refractivity contribution >= 4 is 17.2 Å². The van der Waals surface area contributed by atoms with E-state index in [1.807, 2.05) is 35.4 Å². The minimum absolute atomic E-state index is 0.110. The fraction of sp³-hybridized carbons (Fsp3) is 0.353. The number of rotatable bonds is 3. The zero-order chi connectivity index (χ0) is 15.7. The van der Waals surface area contributed by atoms with Gasteiger partial charge in [-0.25, -0.2) is 0 Å². The number of benzene rings is 1. The van der Waals surface area contributed by atoms with E-state index in [1.165, 1.54) is 16.9 Å². The number of carbonyl (C=O) groups excluding carboxylic acids is 1. The number of hydrogen-bond acceptors (Lipinski definition) is 4. The van der Waals surface area contributed by atoms with E-state index in [2.05, 4.69) is 0 Å². The van der Waals surface area contributed by atoms with Crippen LogP contribution >= 0.6 is 11.3 Å². The zero-order valence-electron chi connectivity index (χ0n) is 13.0. The van der Waals surface area contributed by atoms with E-state index >= 15 is 0 Å². The number of fused-ring (bicyclic) bond motifs is 1. The second-order valence-electron chi connectivity index (χ2n) is 5.44. The first-order chi connectivity index (χ1) is 10.6. The van der Waals surface area contributed by atoms with Gasteiger partial charge in [-0.15, -0.1) is 11.3 Å². The van der Waals surface area contributed by atoms with E-state index in [0.717, 1.165) is 34.7 Å². The van der Waals surface area contributed by atoms with Crippen molar-refractivity contribution < 1.29 is 14.3 Å². The van der Waals surface area contributed by atoms with Gasteiger partial charge in [0.1, 0.15) is 0 Å². The maximum Gasteiger partial charge on any atom is 0.264 e. The normalized spacial score (nSPS) is 13.7. The van der Waals surface area contributed by atoms with Crippen LogP contribution in [0.4, 0.5) is 0 Å². The highest BCUT2D eigenvalue weighted by Gasteiger charge is 2.24. The Morgan fingerprint density at radius 3 is 2.41 bits per heavy atom. The van der Waals surface area contributed by atoms with Crippen LogP contribution in [0.25, 0.3) is 0 Å². The van der Waals surface area contributed by atoms with Crippen LogP contribution in [-0.4, -0.2) is 31.6 Å². The maximum absolute atomic E-state index is 12.6. The molecule has 1 amide bonds. The highest BCUT2D eigenvalue weighted by molar-refractivity contribution is 7.12. The Kier molecular flexibility index (Phi) is 4.07. The van der Waals surface area contributed by atoms with Gasteiger partial charge in [-0.2, -0.15) is 0 Å². The molecule has 1 aliphatic heterocycles. The number of hydrogen-bond donors (Lipinski definition) is 0. The molecule has 0 spiro atoms. The fourth-order valence-electron chi connectivity index (χ4n) is 2.76. The molecule has 116 valence electrons. The molecule has 1 aromatic carbocycles. The van der Waals surface area contributed by atoms with Crippen LogP contribution in [0, 0.1) is 6.92 Å². The number of nitrogens with zero attached hydrogens (tertiary/aromatic N) is 1. The molecular weight excluding hydrogens is 298 g/mol. The molecule has 2 aromatic rings.